The molecule has 0 spiro atoms. The van der Waals surface area contributed by atoms with Crippen LogP contribution in [0.4, 0.5) is 0 Å². The van der Waals surface area contributed by atoms with Crippen LogP contribution < -0.4 is 0 Å². The lowest BCUT2D eigenvalue weighted by Gasteiger charge is -2.13. The summed E-state index contributed by atoms with van der Waals surface area (Å²) in [4.78, 5) is 3.48. The second kappa shape index (κ2) is 2.68. The number of hydrogen-bond acceptors (Lipinski definition) is 0. The van der Waals surface area contributed by atoms with E-state index in [1.54, 1.807) is 0 Å². The van der Waals surface area contributed by atoms with E-state index in [0.717, 1.165) is 18.4 Å². The highest BCUT2D eigenvalue weighted by Gasteiger charge is 2.20. The van der Waals surface area contributed by atoms with Gasteiger partial charge in [-0.05, 0) is 19.3 Å². The Morgan fingerprint density at radius 3 is 2.78 bits per heavy atom. The highest BCUT2D eigenvalue weighted by Crippen LogP contribution is 2.24. The maximum Gasteiger partial charge on any atom is 0.244 e. The van der Waals surface area contributed by atoms with Gasteiger partial charge in [0.15, 0.2) is 0 Å². The fourth-order valence-electron chi connectivity index (χ4n) is 1.22. The normalized spacial score (nSPS) is 27.4. The largest absolute Gasteiger partial charge is 0.309 e. The fourth-order valence-corrected chi connectivity index (χ4v) is 1.22. The molecule has 9 heavy (non-hydrogen) atoms. The zero-order valence-corrected chi connectivity index (χ0v) is 5.56. The topological polar surface area (TPSA) is 4.36 Å². The Morgan fingerprint density at radius 1 is 1.56 bits per heavy atom. The van der Waals surface area contributed by atoms with Crippen molar-refractivity contribution in [2.24, 2.45) is 0 Å². The summed E-state index contributed by atoms with van der Waals surface area (Å²) in [6.07, 6.45) is 4.58. The molecule has 0 N–H and O–H groups in total. The summed E-state index contributed by atoms with van der Waals surface area (Å²) in [7, 11) is 0. The Morgan fingerprint density at radius 2 is 2.33 bits per heavy atom. The van der Waals surface area contributed by atoms with Crippen molar-refractivity contribution in [3.05, 3.63) is 23.6 Å². The van der Waals surface area contributed by atoms with E-state index >= 15 is 0 Å². The van der Waals surface area contributed by atoms with Crippen LogP contribution in [0.15, 0.2) is 12.2 Å². The zero-order valence-electron chi connectivity index (χ0n) is 5.56. The molecule has 1 saturated carbocycles. The first-order chi connectivity index (χ1) is 4.34. The van der Waals surface area contributed by atoms with Gasteiger partial charge in [-0.3, -0.25) is 0 Å². The van der Waals surface area contributed by atoms with E-state index in [1.165, 1.54) is 12.8 Å². The van der Waals surface area contributed by atoms with Crippen LogP contribution in [0.25, 0.3) is 4.85 Å². The van der Waals surface area contributed by atoms with Gasteiger partial charge in [-0.15, -0.1) is 0 Å². The molecule has 48 valence electrons. The summed E-state index contributed by atoms with van der Waals surface area (Å²) in [5.41, 5.74) is 1.15. The minimum absolute atomic E-state index is 0.152. The first-order valence-corrected chi connectivity index (χ1v) is 3.39. The summed E-state index contributed by atoms with van der Waals surface area (Å²) in [5, 5.41) is 0. The summed E-state index contributed by atoms with van der Waals surface area (Å²) < 4.78 is 0. The molecular weight excluding hydrogens is 110 g/mol. The van der Waals surface area contributed by atoms with Gasteiger partial charge in [-0.1, -0.05) is 6.58 Å². The van der Waals surface area contributed by atoms with Crippen molar-refractivity contribution in [3.63, 3.8) is 0 Å². The number of hydrogen-bond donors (Lipinski definition) is 0. The average Bonchev–Trinajstić information content (AvgIpc) is 1.89. The molecule has 0 heterocycles. The molecule has 1 nitrogen and oxygen atoms in total. The van der Waals surface area contributed by atoms with Crippen LogP contribution in [0.3, 0.4) is 0 Å². The third-order valence-electron chi connectivity index (χ3n) is 1.85. The lowest BCUT2D eigenvalue weighted by molar-refractivity contribution is 0.577. The van der Waals surface area contributed by atoms with E-state index in [1.807, 2.05) is 0 Å². The van der Waals surface area contributed by atoms with Crippen LogP contribution in [0.2, 0.25) is 0 Å². The summed E-state index contributed by atoms with van der Waals surface area (Å²) in [6, 6.07) is 0.152. The predicted octanol–water partition coefficient (Wildman–Crippen LogP) is 2.40. The SMILES string of the molecule is [C-]#[N+]C1CCCCC1=C. The van der Waals surface area contributed by atoms with Crippen LogP contribution in [-0.4, -0.2) is 6.04 Å². The van der Waals surface area contributed by atoms with Gasteiger partial charge in [0, 0.05) is 12.0 Å². The predicted molar refractivity (Wildman–Crippen MR) is 38.0 cm³/mol. The fraction of sp³-hybridized carbons (Fsp3) is 0.625. The molecule has 1 atom stereocenters. The molecule has 1 aliphatic rings. The molecule has 0 bridgehead atoms. The smallest absolute Gasteiger partial charge is 0.244 e. The minimum atomic E-state index is 0.152. The molecule has 1 fully saturated rings. The number of rotatable bonds is 0. The molecule has 1 rings (SSSR count). The van der Waals surface area contributed by atoms with Crippen molar-refractivity contribution in [1.82, 2.24) is 0 Å². The van der Waals surface area contributed by atoms with Crippen molar-refractivity contribution in [2.75, 3.05) is 0 Å². The Balaban J connectivity index is 2.51. The molecule has 0 aromatic carbocycles. The highest BCUT2D eigenvalue weighted by molar-refractivity contribution is 5.12. The van der Waals surface area contributed by atoms with Gasteiger partial charge in [0.1, 0.15) is 0 Å². The first kappa shape index (κ1) is 6.35. The van der Waals surface area contributed by atoms with Crippen molar-refractivity contribution in [1.29, 1.82) is 0 Å². The second-order valence-electron chi connectivity index (χ2n) is 2.55. The number of nitrogens with zero attached hydrogens (tertiary/aromatic N) is 1. The van der Waals surface area contributed by atoms with E-state index in [0.29, 0.717) is 0 Å². The molecule has 1 aliphatic carbocycles. The average molecular weight is 121 g/mol. The summed E-state index contributed by atoms with van der Waals surface area (Å²) >= 11 is 0. The van der Waals surface area contributed by atoms with Gasteiger partial charge < -0.3 is 4.85 Å². The molecule has 0 amide bonds. The van der Waals surface area contributed by atoms with Crippen LogP contribution in [0.5, 0.6) is 0 Å². The first-order valence-electron chi connectivity index (χ1n) is 3.39. The standard InChI is InChI=1S/C8H11N/c1-7-5-3-4-6-8(7)9-2/h8H,1,3-6H2. The Labute approximate surface area is 56.2 Å². The third-order valence-corrected chi connectivity index (χ3v) is 1.85. The lowest BCUT2D eigenvalue weighted by Crippen LogP contribution is -2.09. The molecule has 1 unspecified atom stereocenters. The highest BCUT2D eigenvalue weighted by atomic mass is 14.7. The maximum atomic E-state index is 6.79. The molecule has 1 heteroatoms. The van der Waals surface area contributed by atoms with Gasteiger partial charge >= 0.3 is 0 Å². The summed E-state index contributed by atoms with van der Waals surface area (Å²) in [6.45, 7) is 10.6. The monoisotopic (exact) mass is 121 g/mol. The van der Waals surface area contributed by atoms with E-state index in [9.17, 15) is 0 Å². The van der Waals surface area contributed by atoms with Gasteiger partial charge in [0.05, 0.1) is 0 Å². The van der Waals surface area contributed by atoms with Crippen LogP contribution in [0, 0.1) is 6.57 Å². The van der Waals surface area contributed by atoms with Gasteiger partial charge in [-0.2, -0.15) is 0 Å². The van der Waals surface area contributed by atoms with Crippen molar-refractivity contribution >= 4 is 0 Å². The lowest BCUT2D eigenvalue weighted by atomic mass is 9.92. The van der Waals surface area contributed by atoms with E-state index in [2.05, 4.69) is 11.4 Å². The van der Waals surface area contributed by atoms with Gasteiger partial charge in [0.25, 0.3) is 0 Å². The van der Waals surface area contributed by atoms with Gasteiger partial charge in [0.2, 0.25) is 6.04 Å². The molecule has 0 radical (unpaired) electrons. The Kier molecular flexibility index (Phi) is 1.89. The third kappa shape index (κ3) is 1.32. The van der Waals surface area contributed by atoms with Crippen molar-refractivity contribution in [2.45, 2.75) is 31.7 Å². The molecule has 0 saturated heterocycles. The van der Waals surface area contributed by atoms with Gasteiger partial charge in [-0.25, -0.2) is 6.57 Å². The quantitative estimate of drug-likeness (QED) is 0.342. The van der Waals surface area contributed by atoms with Crippen molar-refractivity contribution in [3.8, 4) is 0 Å². The zero-order chi connectivity index (χ0) is 6.69. The maximum absolute atomic E-state index is 6.79. The molecule has 0 aromatic rings. The Bertz CT molecular complexity index is 152. The van der Waals surface area contributed by atoms with Crippen LogP contribution in [0.1, 0.15) is 25.7 Å². The van der Waals surface area contributed by atoms with E-state index in [4.69, 9.17) is 6.57 Å². The van der Waals surface area contributed by atoms with Crippen molar-refractivity contribution < 1.29 is 0 Å². The van der Waals surface area contributed by atoms with Crippen LogP contribution >= 0.6 is 0 Å². The Hall–Kier alpha value is -0.770. The summed E-state index contributed by atoms with van der Waals surface area (Å²) in [5.74, 6) is 0. The molecule has 0 aliphatic heterocycles. The molecular formula is C8H11N. The second-order valence-corrected chi connectivity index (χ2v) is 2.55. The van der Waals surface area contributed by atoms with E-state index in [-0.39, 0.29) is 6.04 Å². The minimum Gasteiger partial charge on any atom is -0.309 e. The molecule has 0 aromatic heterocycles. The van der Waals surface area contributed by atoms with Crippen LogP contribution in [-0.2, 0) is 0 Å². The van der Waals surface area contributed by atoms with E-state index < -0.39 is 0 Å².